The quantitative estimate of drug-likeness (QED) is 0.813. The number of aliphatic hydroxyl groups is 1. The molecule has 0 aliphatic carbocycles. The van der Waals surface area contributed by atoms with E-state index in [0.29, 0.717) is 19.4 Å². The van der Waals surface area contributed by atoms with Crippen LogP contribution in [0.5, 0.6) is 0 Å². The summed E-state index contributed by atoms with van der Waals surface area (Å²) in [4.78, 5) is 13.8. The SMILES string of the molecule is COC(C)CCC(=O)N(C)Cc1ccccc1C#CCO. The number of amides is 1. The molecule has 1 aromatic carbocycles. The molecule has 0 fully saturated rings. The molecule has 1 aromatic rings. The van der Waals surface area contributed by atoms with Crippen LogP contribution in [0.3, 0.4) is 0 Å². The third-order valence-electron chi connectivity index (χ3n) is 3.32. The predicted molar refractivity (Wildman–Crippen MR) is 82.6 cm³/mol. The third-order valence-corrected chi connectivity index (χ3v) is 3.32. The zero-order valence-corrected chi connectivity index (χ0v) is 12.9. The maximum atomic E-state index is 12.1. The minimum atomic E-state index is -0.169. The second kappa shape index (κ2) is 9.17. The Bertz CT molecular complexity index is 516. The molecule has 0 aromatic heterocycles. The van der Waals surface area contributed by atoms with Gasteiger partial charge in [-0.3, -0.25) is 4.79 Å². The van der Waals surface area contributed by atoms with Gasteiger partial charge < -0.3 is 14.7 Å². The van der Waals surface area contributed by atoms with Crippen LogP contribution in [0.25, 0.3) is 0 Å². The minimum absolute atomic E-state index is 0.0869. The van der Waals surface area contributed by atoms with E-state index in [9.17, 15) is 4.79 Å². The second-order valence-electron chi connectivity index (χ2n) is 4.95. The van der Waals surface area contributed by atoms with E-state index in [-0.39, 0.29) is 18.6 Å². The van der Waals surface area contributed by atoms with E-state index < -0.39 is 0 Å². The van der Waals surface area contributed by atoms with E-state index in [2.05, 4.69) is 11.8 Å². The average Bonchev–Trinajstić information content (AvgIpc) is 2.51. The highest BCUT2D eigenvalue weighted by Gasteiger charge is 2.12. The summed E-state index contributed by atoms with van der Waals surface area (Å²) in [6.07, 6.45) is 1.27. The maximum absolute atomic E-state index is 12.1. The first-order valence-electron chi connectivity index (χ1n) is 7.02. The molecular formula is C17H23NO3. The van der Waals surface area contributed by atoms with Crippen molar-refractivity contribution in [1.29, 1.82) is 0 Å². The molecule has 1 amide bonds. The van der Waals surface area contributed by atoms with Crippen LogP contribution in [0.15, 0.2) is 24.3 Å². The molecular weight excluding hydrogens is 266 g/mol. The number of benzene rings is 1. The van der Waals surface area contributed by atoms with Crippen molar-refractivity contribution in [1.82, 2.24) is 4.90 Å². The van der Waals surface area contributed by atoms with Crippen LogP contribution in [-0.2, 0) is 16.1 Å². The van der Waals surface area contributed by atoms with E-state index in [1.165, 1.54) is 0 Å². The lowest BCUT2D eigenvalue weighted by molar-refractivity contribution is -0.131. The first-order valence-corrected chi connectivity index (χ1v) is 7.02. The van der Waals surface area contributed by atoms with Crippen molar-refractivity contribution in [3.8, 4) is 11.8 Å². The van der Waals surface area contributed by atoms with E-state index in [1.807, 2.05) is 31.2 Å². The number of nitrogens with zero attached hydrogens (tertiary/aromatic N) is 1. The highest BCUT2D eigenvalue weighted by molar-refractivity contribution is 5.76. The molecule has 1 unspecified atom stereocenters. The second-order valence-corrected chi connectivity index (χ2v) is 4.95. The summed E-state index contributed by atoms with van der Waals surface area (Å²) < 4.78 is 5.15. The van der Waals surface area contributed by atoms with Crippen molar-refractivity contribution in [2.24, 2.45) is 0 Å². The topological polar surface area (TPSA) is 49.8 Å². The van der Waals surface area contributed by atoms with Crippen LogP contribution in [0.1, 0.15) is 30.9 Å². The molecule has 0 aliphatic heterocycles. The lowest BCUT2D eigenvalue weighted by Crippen LogP contribution is -2.27. The Morgan fingerprint density at radius 3 is 2.81 bits per heavy atom. The number of hydrogen-bond donors (Lipinski definition) is 1. The fourth-order valence-electron chi connectivity index (χ4n) is 1.89. The number of ether oxygens (including phenoxy) is 1. The average molecular weight is 289 g/mol. The number of rotatable bonds is 6. The molecule has 1 rings (SSSR count). The van der Waals surface area contributed by atoms with Gasteiger partial charge in [-0.1, -0.05) is 30.0 Å². The monoisotopic (exact) mass is 289 g/mol. The molecule has 0 bridgehead atoms. The third kappa shape index (κ3) is 5.99. The summed E-state index contributed by atoms with van der Waals surface area (Å²) in [5.74, 6) is 5.64. The zero-order valence-electron chi connectivity index (χ0n) is 12.9. The molecule has 1 N–H and O–H groups in total. The fourth-order valence-corrected chi connectivity index (χ4v) is 1.89. The summed E-state index contributed by atoms with van der Waals surface area (Å²) in [5, 5.41) is 8.78. The Morgan fingerprint density at radius 2 is 2.14 bits per heavy atom. The van der Waals surface area contributed by atoms with Crippen LogP contribution in [-0.4, -0.2) is 42.8 Å². The standard InChI is InChI=1S/C17H23NO3/c1-14(21-3)10-11-17(20)18(2)13-16-8-5-4-7-15(16)9-6-12-19/h4-5,7-8,14,19H,10-13H2,1-3H3. The maximum Gasteiger partial charge on any atom is 0.222 e. The number of methoxy groups -OCH3 is 1. The highest BCUT2D eigenvalue weighted by atomic mass is 16.5. The van der Waals surface area contributed by atoms with Gasteiger partial charge in [0.25, 0.3) is 0 Å². The van der Waals surface area contributed by atoms with Gasteiger partial charge in [-0.15, -0.1) is 0 Å². The van der Waals surface area contributed by atoms with E-state index in [4.69, 9.17) is 9.84 Å². The van der Waals surface area contributed by atoms with E-state index >= 15 is 0 Å². The van der Waals surface area contributed by atoms with Gasteiger partial charge in [0.05, 0.1) is 6.10 Å². The fraction of sp³-hybridized carbons (Fsp3) is 0.471. The van der Waals surface area contributed by atoms with E-state index in [0.717, 1.165) is 11.1 Å². The Kier molecular flexibility index (Phi) is 7.52. The molecule has 1 atom stereocenters. The molecule has 0 radical (unpaired) electrons. The number of hydrogen-bond acceptors (Lipinski definition) is 3. The van der Waals surface area contributed by atoms with Crippen LogP contribution in [0.2, 0.25) is 0 Å². The summed E-state index contributed by atoms with van der Waals surface area (Å²) in [6.45, 7) is 2.29. The Morgan fingerprint density at radius 1 is 1.43 bits per heavy atom. The lowest BCUT2D eigenvalue weighted by Gasteiger charge is -2.19. The van der Waals surface area contributed by atoms with Gasteiger partial charge in [-0.05, 0) is 25.0 Å². The van der Waals surface area contributed by atoms with E-state index in [1.54, 1.807) is 19.1 Å². The van der Waals surface area contributed by atoms with Gasteiger partial charge in [0.1, 0.15) is 6.61 Å². The van der Waals surface area contributed by atoms with Gasteiger partial charge in [-0.25, -0.2) is 0 Å². The molecule has 0 spiro atoms. The lowest BCUT2D eigenvalue weighted by atomic mass is 10.1. The van der Waals surface area contributed by atoms with Gasteiger partial charge in [-0.2, -0.15) is 0 Å². The summed E-state index contributed by atoms with van der Waals surface area (Å²) in [7, 11) is 3.44. The van der Waals surface area contributed by atoms with Crippen molar-refractivity contribution in [2.75, 3.05) is 20.8 Å². The molecule has 0 saturated heterocycles. The van der Waals surface area contributed by atoms with Crippen LogP contribution < -0.4 is 0 Å². The number of aliphatic hydroxyl groups excluding tert-OH is 1. The number of carbonyl (C=O) groups excluding carboxylic acids is 1. The minimum Gasteiger partial charge on any atom is -0.384 e. The van der Waals surface area contributed by atoms with Crippen molar-refractivity contribution in [2.45, 2.75) is 32.4 Å². The van der Waals surface area contributed by atoms with Gasteiger partial charge in [0, 0.05) is 32.7 Å². The normalized spacial score (nSPS) is 11.4. The first kappa shape index (κ1) is 17.2. The Balaban J connectivity index is 2.66. The van der Waals surface area contributed by atoms with Crippen molar-refractivity contribution in [3.05, 3.63) is 35.4 Å². The van der Waals surface area contributed by atoms with Crippen LogP contribution >= 0.6 is 0 Å². The van der Waals surface area contributed by atoms with Crippen LogP contribution in [0, 0.1) is 11.8 Å². The van der Waals surface area contributed by atoms with Crippen molar-refractivity contribution in [3.63, 3.8) is 0 Å². The van der Waals surface area contributed by atoms with Gasteiger partial charge in [0.2, 0.25) is 5.91 Å². The molecule has 114 valence electrons. The van der Waals surface area contributed by atoms with Crippen molar-refractivity contribution < 1.29 is 14.6 Å². The molecule has 21 heavy (non-hydrogen) atoms. The number of carbonyl (C=O) groups is 1. The summed E-state index contributed by atoms with van der Waals surface area (Å²) >= 11 is 0. The molecule has 0 heterocycles. The smallest absolute Gasteiger partial charge is 0.222 e. The van der Waals surface area contributed by atoms with Gasteiger partial charge in [0.15, 0.2) is 0 Å². The summed E-state index contributed by atoms with van der Waals surface area (Å²) in [5.41, 5.74) is 1.82. The first-order chi connectivity index (χ1) is 10.1. The predicted octanol–water partition coefficient (Wildman–Crippen LogP) is 1.80. The summed E-state index contributed by atoms with van der Waals surface area (Å²) in [6, 6.07) is 7.66. The van der Waals surface area contributed by atoms with Crippen LogP contribution in [0.4, 0.5) is 0 Å². The molecule has 4 heteroatoms. The largest absolute Gasteiger partial charge is 0.384 e. The zero-order chi connectivity index (χ0) is 15.7. The van der Waals surface area contributed by atoms with Gasteiger partial charge >= 0.3 is 0 Å². The molecule has 4 nitrogen and oxygen atoms in total. The Hall–Kier alpha value is -1.83. The van der Waals surface area contributed by atoms with Crippen molar-refractivity contribution >= 4 is 5.91 Å². The molecule has 0 aliphatic rings. The molecule has 0 saturated carbocycles. The highest BCUT2D eigenvalue weighted by Crippen LogP contribution is 2.11. The Labute approximate surface area is 126 Å².